The molecule has 184 valence electrons. The molecule has 0 bridgehead atoms. The van der Waals surface area contributed by atoms with E-state index >= 15 is 0 Å². The van der Waals surface area contributed by atoms with Gasteiger partial charge in [0.2, 0.25) is 11.9 Å². The fourth-order valence-electron chi connectivity index (χ4n) is 5.71. The fourth-order valence-corrected chi connectivity index (χ4v) is 6.72. The zero-order chi connectivity index (χ0) is 24.0. The number of carbonyl (C=O) groups excluding carboxylic acids is 1. The van der Waals surface area contributed by atoms with Crippen LogP contribution in [0.25, 0.3) is 20.8 Å². The molecule has 3 fully saturated rings. The molecule has 0 radical (unpaired) electrons. The summed E-state index contributed by atoms with van der Waals surface area (Å²) in [7, 11) is 0. The average Bonchev–Trinajstić information content (AvgIpc) is 3.58. The number of aromatic nitrogens is 3. The highest BCUT2D eigenvalue weighted by Crippen LogP contribution is 2.41. The average molecular weight is 494 g/mol. The Bertz CT molecular complexity index is 1280. The first-order valence-corrected chi connectivity index (χ1v) is 13.3. The SMILES string of the molecule is CC(=O)N1CCC2(CCN(c3nc(NC4CCCNC4)c(-c4nc5ccccc5s4)c(=O)[nH]3)C2)C1. The Hall–Kier alpha value is -2.98. The van der Waals surface area contributed by atoms with E-state index in [0.29, 0.717) is 22.3 Å². The van der Waals surface area contributed by atoms with Gasteiger partial charge in [0.05, 0.1) is 10.2 Å². The molecule has 9 nitrogen and oxygen atoms in total. The summed E-state index contributed by atoms with van der Waals surface area (Å²) in [5, 5.41) is 7.69. The van der Waals surface area contributed by atoms with Gasteiger partial charge in [-0.2, -0.15) is 4.98 Å². The van der Waals surface area contributed by atoms with Crippen molar-refractivity contribution in [2.45, 2.75) is 38.6 Å². The predicted octanol–water partition coefficient (Wildman–Crippen LogP) is 2.66. The number of benzene rings is 1. The van der Waals surface area contributed by atoms with Crippen LogP contribution in [0.1, 0.15) is 32.6 Å². The van der Waals surface area contributed by atoms with Crippen LogP contribution in [0.5, 0.6) is 0 Å². The van der Waals surface area contributed by atoms with Gasteiger partial charge < -0.3 is 20.4 Å². The van der Waals surface area contributed by atoms with E-state index in [0.717, 1.165) is 75.2 Å². The highest BCUT2D eigenvalue weighted by molar-refractivity contribution is 7.21. The summed E-state index contributed by atoms with van der Waals surface area (Å²) in [6, 6.07) is 8.16. The van der Waals surface area contributed by atoms with Crippen molar-refractivity contribution in [2.75, 3.05) is 49.5 Å². The minimum atomic E-state index is -0.168. The first-order valence-electron chi connectivity index (χ1n) is 12.5. The van der Waals surface area contributed by atoms with Crippen molar-refractivity contribution in [3.8, 4) is 10.6 Å². The number of thiazole rings is 1. The number of fused-ring (bicyclic) bond motifs is 1. The smallest absolute Gasteiger partial charge is 0.264 e. The lowest BCUT2D eigenvalue weighted by Gasteiger charge is -2.27. The van der Waals surface area contributed by atoms with Crippen molar-refractivity contribution >= 4 is 39.2 Å². The van der Waals surface area contributed by atoms with Crippen LogP contribution in [-0.2, 0) is 4.79 Å². The molecule has 3 N–H and O–H groups in total. The lowest BCUT2D eigenvalue weighted by molar-refractivity contribution is -0.128. The maximum absolute atomic E-state index is 13.5. The molecule has 35 heavy (non-hydrogen) atoms. The van der Waals surface area contributed by atoms with Crippen LogP contribution in [0.15, 0.2) is 29.1 Å². The number of amides is 1. The Balaban J connectivity index is 1.35. The Labute approximate surface area is 208 Å². The number of anilines is 2. The highest BCUT2D eigenvalue weighted by atomic mass is 32.1. The molecule has 3 aliphatic rings. The molecule has 0 aliphatic carbocycles. The van der Waals surface area contributed by atoms with E-state index in [1.807, 2.05) is 29.2 Å². The third-order valence-electron chi connectivity index (χ3n) is 7.67. The molecule has 1 amide bonds. The molecule has 0 saturated carbocycles. The number of nitrogens with zero attached hydrogens (tertiary/aromatic N) is 4. The normalized spacial score (nSPS) is 24.5. The quantitative estimate of drug-likeness (QED) is 0.513. The van der Waals surface area contributed by atoms with Crippen molar-refractivity contribution < 1.29 is 4.79 Å². The molecule has 2 unspecified atom stereocenters. The molecule has 2 atom stereocenters. The molecule has 1 aromatic carbocycles. The van der Waals surface area contributed by atoms with Crippen LogP contribution in [0.3, 0.4) is 0 Å². The van der Waals surface area contributed by atoms with Gasteiger partial charge in [-0.05, 0) is 44.4 Å². The Morgan fingerprint density at radius 2 is 2.06 bits per heavy atom. The van der Waals surface area contributed by atoms with E-state index in [1.54, 1.807) is 6.92 Å². The van der Waals surface area contributed by atoms with Gasteiger partial charge in [-0.1, -0.05) is 12.1 Å². The van der Waals surface area contributed by atoms with E-state index in [9.17, 15) is 9.59 Å². The lowest BCUT2D eigenvalue weighted by Crippen LogP contribution is -2.39. The number of rotatable bonds is 4. The summed E-state index contributed by atoms with van der Waals surface area (Å²) in [6.07, 6.45) is 4.11. The molecule has 6 rings (SSSR count). The molecule has 2 aromatic heterocycles. The maximum Gasteiger partial charge on any atom is 0.264 e. The van der Waals surface area contributed by atoms with Crippen molar-refractivity contribution in [2.24, 2.45) is 5.41 Å². The van der Waals surface area contributed by atoms with Crippen LogP contribution in [0, 0.1) is 5.41 Å². The molecule has 1 spiro atoms. The van der Waals surface area contributed by atoms with Gasteiger partial charge in [-0.25, -0.2) is 4.98 Å². The van der Waals surface area contributed by atoms with Crippen molar-refractivity contribution in [3.05, 3.63) is 34.6 Å². The number of H-pyrrole nitrogens is 1. The second-order valence-corrected chi connectivity index (χ2v) is 11.2. The highest BCUT2D eigenvalue weighted by Gasteiger charge is 2.45. The molecule has 10 heteroatoms. The summed E-state index contributed by atoms with van der Waals surface area (Å²) in [6.45, 7) is 6.71. The van der Waals surface area contributed by atoms with Crippen molar-refractivity contribution in [1.29, 1.82) is 0 Å². The number of para-hydroxylation sites is 1. The number of aromatic amines is 1. The van der Waals surface area contributed by atoms with Crippen molar-refractivity contribution in [1.82, 2.24) is 25.2 Å². The second kappa shape index (κ2) is 8.91. The molecule has 3 saturated heterocycles. The number of hydrogen-bond donors (Lipinski definition) is 3. The Kier molecular flexibility index (Phi) is 5.72. The van der Waals surface area contributed by atoms with Crippen LogP contribution >= 0.6 is 11.3 Å². The largest absolute Gasteiger partial charge is 0.365 e. The van der Waals surface area contributed by atoms with Gasteiger partial charge in [0, 0.05) is 51.1 Å². The zero-order valence-electron chi connectivity index (χ0n) is 20.0. The van der Waals surface area contributed by atoms with Crippen LogP contribution in [0.2, 0.25) is 0 Å². The standard InChI is InChI=1S/C25H31N7O2S/c1-16(33)31-11-8-25(14-31)9-12-32(15-25)24-29-21(27-17-5-4-10-26-13-17)20(22(34)30-24)23-28-18-6-2-3-7-19(18)35-23/h2-3,6-7,17,26H,4-5,8-15H2,1H3,(H2,27,29,30,34). The van der Waals surface area contributed by atoms with Crippen LogP contribution in [-0.4, -0.2) is 71.1 Å². The summed E-state index contributed by atoms with van der Waals surface area (Å²) in [4.78, 5) is 42.3. The Morgan fingerprint density at radius 3 is 2.83 bits per heavy atom. The van der Waals surface area contributed by atoms with Gasteiger partial charge in [0.15, 0.2) is 0 Å². The third-order valence-corrected chi connectivity index (χ3v) is 8.73. The molecule has 3 aliphatic heterocycles. The third kappa shape index (κ3) is 4.29. The van der Waals surface area contributed by atoms with E-state index in [2.05, 4.69) is 20.5 Å². The summed E-state index contributed by atoms with van der Waals surface area (Å²) < 4.78 is 1.05. The van der Waals surface area contributed by atoms with Gasteiger partial charge in [-0.15, -0.1) is 11.3 Å². The monoisotopic (exact) mass is 493 g/mol. The summed E-state index contributed by atoms with van der Waals surface area (Å²) in [5.74, 6) is 1.35. The minimum absolute atomic E-state index is 0.0802. The topological polar surface area (TPSA) is 106 Å². The first-order chi connectivity index (χ1) is 17.0. The Morgan fingerprint density at radius 1 is 1.20 bits per heavy atom. The number of likely N-dealkylation sites (tertiary alicyclic amines) is 1. The van der Waals surface area contributed by atoms with Gasteiger partial charge >= 0.3 is 0 Å². The second-order valence-electron chi connectivity index (χ2n) is 10.1. The number of piperidine rings is 1. The predicted molar refractivity (Wildman–Crippen MR) is 139 cm³/mol. The lowest BCUT2D eigenvalue weighted by atomic mass is 9.86. The van der Waals surface area contributed by atoms with E-state index < -0.39 is 0 Å². The van der Waals surface area contributed by atoms with E-state index in [4.69, 9.17) is 9.97 Å². The number of nitrogens with one attached hydrogen (secondary N) is 3. The molecular formula is C25H31N7O2S. The number of carbonyl (C=O) groups is 1. The summed E-state index contributed by atoms with van der Waals surface area (Å²) >= 11 is 1.52. The minimum Gasteiger partial charge on any atom is -0.365 e. The number of hydrogen-bond acceptors (Lipinski definition) is 8. The van der Waals surface area contributed by atoms with Gasteiger partial charge in [0.1, 0.15) is 16.4 Å². The summed E-state index contributed by atoms with van der Waals surface area (Å²) in [5.41, 5.74) is 1.31. The van der Waals surface area contributed by atoms with E-state index in [-0.39, 0.29) is 22.9 Å². The van der Waals surface area contributed by atoms with Crippen LogP contribution in [0.4, 0.5) is 11.8 Å². The zero-order valence-corrected chi connectivity index (χ0v) is 20.8. The molecule has 5 heterocycles. The van der Waals surface area contributed by atoms with Gasteiger partial charge in [0.25, 0.3) is 5.56 Å². The first kappa shape index (κ1) is 22.5. The van der Waals surface area contributed by atoms with E-state index in [1.165, 1.54) is 11.3 Å². The maximum atomic E-state index is 13.5. The molecule has 3 aromatic rings. The molecular weight excluding hydrogens is 462 g/mol. The van der Waals surface area contributed by atoms with Gasteiger partial charge in [-0.3, -0.25) is 14.6 Å². The van der Waals surface area contributed by atoms with Crippen molar-refractivity contribution in [3.63, 3.8) is 0 Å². The van der Waals surface area contributed by atoms with Crippen LogP contribution < -0.4 is 21.1 Å². The fraction of sp³-hybridized carbons (Fsp3) is 0.520.